The van der Waals surface area contributed by atoms with Gasteiger partial charge in [0.05, 0.1) is 0 Å². The monoisotopic (exact) mass is 129 g/mol. The van der Waals surface area contributed by atoms with Crippen LogP contribution in [0.3, 0.4) is 0 Å². The van der Waals surface area contributed by atoms with Crippen LogP contribution in [0.5, 0.6) is 0 Å². The third-order valence-electron chi connectivity index (χ3n) is 1.57. The third kappa shape index (κ3) is 1.93. The van der Waals surface area contributed by atoms with Gasteiger partial charge in [0.25, 0.3) is 0 Å². The van der Waals surface area contributed by atoms with Crippen molar-refractivity contribution >= 4 is 0 Å². The molecular weight excluding hydrogens is 114 g/mol. The molecule has 54 valence electrons. The zero-order chi connectivity index (χ0) is 6.69. The first-order chi connectivity index (χ1) is 4.30. The number of hydrogen-bond acceptors (Lipinski definition) is 3. The lowest BCUT2D eigenvalue weighted by atomic mass is 10.3. The molecule has 0 aromatic carbocycles. The summed E-state index contributed by atoms with van der Waals surface area (Å²) >= 11 is 0. The Bertz CT molecular complexity index is 76.4. The average molecular weight is 129 g/mol. The summed E-state index contributed by atoms with van der Waals surface area (Å²) in [7, 11) is 4.11. The van der Waals surface area contributed by atoms with E-state index in [4.69, 9.17) is 0 Å². The van der Waals surface area contributed by atoms with Crippen LogP contribution in [0.4, 0.5) is 0 Å². The molecule has 1 fully saturated rings. The summed E-state index contributed by atoms with van der Waals surface area (Å²) in [5.41, 5.74) is 3.28. The van der Waals surface area contributed by atoms with E-state index in [0.717, 1.165) is 13.1 Å². The van der Waals surface area contributed by atoms with Gasteiger partial charge in [-0.1, -0.05) is 0 Å². The lowest BCUT2D eigenvalue weighted by molar-refractivity contribution is -0.0440. The third-order valence-corrected chi connectivity index (χ3v) is 1.57. The van der Waals surface area contributed by atoms with Crippen molar-refractivity contribution in [3.8, 4) is 0 Å². The number of nitrogens with one attached hydrogen (secondary N) is 1. The van der Waals surface area contributed by atoms with Gasteiger partial charge in [0.15, 0.2) is 0 Å². The lowest BCUT2D eigenvalue weighted by Crippen LogP contribution is -2.50. The summed E-state index contributed by atoms with van der Waals surface area (Å²) in [6.45, 7) is 2.27. The molecule has 0 unspecified atom stereocenters. The van der Waals surface area contributed by atoms with Crippen molar-refractivity contribution in [3.63, 3.8) is 0 Å². The van der Waals surface area contributed by atoms with Crippen molar-refractivity contribution in [2.24, 2.45) is 0 Å². The maximum Gasteiger partial charge on any atom is 0.0290 e. The minimum absolute atomic E-state index is 1.12. The molecule has 3 heteroatoms. The minimum Gasteiger partial charge on any atom is -0.241 e. The normalized spacial score (nSPS) is 23.0. The Morgan fingerprint density at radius 1 is 1.33 bits per heavy atom. The summed E-state index contributed by atoms with van der Waals surface area (Å²) in [6, 6.07) is 0. The Labute approximate surface area is 56.6 Å². The van der Waals surface area contributed by atoms with E-state index in [9.17, 15) is 0 Å². The highest BCUT2D eigenvalue weighted by molar-refractivity contribution is 4.55. The standard InChI is InChI=1S/C6H15N3/c1-8(2)9-6-4-3-5-7-9/h7H,3-6H2,1-2H3. The number of rotatable bonds is 1. The summed E-state index contributed by atoms with van der Waals surface area (Å²) < 4.78 is 0. The van der Waals surface area contributed by atoms with Gasteiger partial charge in [-0.05, 0) is 12.8 Å². The fourth-order valence-corrected chi connectivity index (χ4v) is 1.02. The van der Waals surface area contributed by atoms with Crippen molar-refractivity contribution in [3.05, 3.63) is 0 Å². The van der Waals surface area contributed by atoms with Gasteiger partial charge in [-0.3, -0.25) is 0 Å². The molecule has 0 aromatic rings. The molecule has 0 saturated carbocycles. The Morgan fingerprint density at radius 3 is 2.44 bits per heavy atom. The zero-order valence-electron chi connectivity index (χ0n) is 6.22. The molecule has 0 aromatic heterocycles. The SMILES string of the molecule is CN(C)N1CCCCN1. The van der Waals surface area contributed by atoms with Crippen LogP contribution in [0.15, 0.2) is 0 Å². The zero-order valence-corrected chi connectivity index (χ0v) is 6.22. The molecule has 0 atom stereocenters. The first-order valence-corrected chi connectivity index (χ1v) is 3.49. The first-order valence-electron chi connectivity index (χ1n) is 3.49. The van der Waals surface area contributed by atoms with E-state index in [1.165, 1.54) is 12.8 Å². The molecule has 1 N–H and O–H groups in total. The Morgan fingerprint density at radius 2 is 2.11 bits per heavy atom. The summed E-state index contributed by atoms with van der Waals surface area (Å²) in [4.78, 5) is 0. The summed E-state index contributed by atoms with van der Waals surface area (Å²) in [5.74, 6) is 0. The fourth-order valence-electron chi connectivity index (χ4n) is 1.02. The van der Waals surface area contributed by atoms with Crippen LogP contribution < -0.4 is 5.43 Å². The van der Waals surface area contributed by atoms with E-state index < -0.39 is 0 Å². The van der Waals surface area contributed by atoms with Crippen LogP contribution in [-0.4, -0.2) is 37.3 Å². The van der Waals surface area contributed by atoms with Gasteiger partial charge in [0, 0.05) is 27.2 Å². The maximum atomic E-state index is 3.28. The van der Waals surface area contributed by atoms with Crippen LogP contribution in [0.25, 0.3) is 0 Å². The lowest BCUT2D eigenvalue weighted by Gasteiger charge is -2.32. The maximum absolute atomic E-state index is 3.28. The average Bonchev–Trinajstić information content (AvgIpc) is 1.90. The molecule has 3 nitrogen and oxygen atoms in total. The van der Waals surface area contributed by atoms with Crippen molar-refractivity contribution in [2.45, 2.75) is 12.8 Å². The first kappa shape index (κ1) is 6.99. The van der Waals surface area contributed by atoms with Crippen molar-refractivity contribution in [1.82, 2.24) is 15.6 Å². The molecule has 0 bridgehead atoms. The predicted octanol–water partition coefficient (Wildman–Crippen LogP) is 0.0634. The molecule has 1 aliphatic heterocycles. The van der Waals surface area contributed by atoms with Crippen LogP contribution in [-0.2, 0) is 0 Å². The number of nitrogens with zero attached hydrogens (tertiary/aromatic N) is 2. The Kier molecular flexibility index (Phi) is 2.45. The molecule has 1 saturated heterocycles. The van der Waals surface area contributed by atoms with E-state index in [-0.39, 0.29) is 0 Å². The van der Waals surface area contributed by atoms with E-state index in [2.05, 4.69) is 29.6 Å². The van der Waals surface area contributed by atoms with Gasteiger partial charge in [0.1, 0.15) is 0 Å². The number of hydrogen-bond donors (Lipinski definition) is 1. The van der Waals surface area contributed by atoms with E-state index >= 15 is 0 Å². The second kappa shape index (κ2) is 3.15. The van der Waals surface area contributed by atoms with Gasteiger partial charge >= 0.3 is 0 Å². The highest BCUT2D eigenvalue weighted by Crippen LogP contribution is 1.99. The fraction of sp³-hybridized carbons (Fsp3) is 1.00. The smallest absolute Gasteiger partial charge is 0.0290 e. The van der Waals surface area contributed by atoms with Gasteiger partial charge < -0.3 is 0 Å². The summed E-state index contributed by atoms with van der Waals surface area (Å²) in [5, 5.41) is 4.22. The van der Waals surface area contributed by atoms with Gasteiger partial charge in [0.2, 0.25) is 0 Å². The summed E-state index contributed by atoms with van der Waals surface area (Å²) in [6.07, 6.45) is 2.62. The minimum atomic E-state index is 1.12. The molecule has 1 aliphatic rings. The highest BCUT2D eigenvalue weighted by Gasteiger charge is 2.09. The highest BCUT2D eigenvalue weighted by atomic mass is 15.8. The van der Waals surface area contributed by atoms with Crippen molar-refractivity contribution in [1.29, 1.82) is 0 Å². The van der Waals surface area contributed by atoms with Crippen LogP contribution >= 0.6 is 0 Å². The quantitative estimate of drug-likeness (QED) is 0.540. The van der Waals surface area contributed by atoms with Crippen molar-refractivity contribution < 1.29 is 0 Å². The Balaban J connectivity index is 2.23. The van der Waals surface area contributed by atoms with E-state index in [1.54, 1.807) is 0 Å². The Hall–Kier alpha value is -0.120. The van der Waals surface area contributed by atoms with Gasteiger partial charge in [-0.15, -0.1) is 0 Å². The van der Waals surface area contributed by atoms with Crippen molar-refractivity contribution in [2.75, 3.05) is 27.2 Å². The predicted molar refractivity (Wildman–Crippen MR) is 37.6 cm³/mol. The molecule has 0 spiro atoms. The molecule has 0 aliphatic carbocycles. The van der Waals surface area contributed by atoms with E-state index in [1.807, 2.05) is 0 Å². The molecule has 1 heterocycles. The van der Waals surface area contributed by atoms with Gasteiger partial charge in [-0.25, -0.2) is 10.4 Å². The number of hydrazine groups is 2. The van der Waals surface area contributed by atoms with Crippen LogP contribution in [0, 0.1) is 0 Å². The van der Waals surface area contributed by atoms with E-state index in [0.29, 0.717) is 0 Å². The molecule has 1 rings (SSSR count). The second-order valence-electron chi connectivity index (χ2n) is 2.59. The van der Waals surface area contributed by atoms with Crippen LogP contribution in [0.1, 0.15) is 12.8 Å². The molecule has 9 heavy (non-hydrogen) atoms. The topological polar surface area (TPSA) is 18.5 Å². The largest absolute Gasteiger partial charge is 0.241 e. The molecule has 0 amide bonds. The van der Waals surface area contributed by atoms with Crippen LogP contribution in [0.2, 0.25) is 0 Å². The molecular formula is C6H15N3. The van der Waals surface area contributed by atoms with Gasteiger partial charge in [-0.2, -0.15) is 5.12 Å². The molecule has 0 radical (unpaired) electrons. The second-order valence-corrected chi connectivity index (χ2v) is 2.59.